The molecule has 0 aromatic carbocycles. The highest BCUT2D eigenvalue weighted by Gasteiger charge is 2.21. The number of rotatable bonds is 3. The zero-order valence-corrected chi connectivity index (χ0v) is 12.1. The molecule has 1 heterocycles. The quantitative estimate of drug-likeness (QED) is 0.465. The van der Waals surface area contributed by atoms with Crippen molar-refractivity contribution in [2.75, 3.05) is 12.4 Å². The summed E-state index contributed by atoms with van der Waals surface area (Å²) in [6.45, 7) is 4.88. The average molecular weight is 287 g/mol. The third kappa shape index (κ3) is 4.74. The van der Waals surface area contributed by atoms with Crippen molar-refractivity contribution in [3.8, 4) is 0 Å². The fourth-order valence-corrected chi connectivity index (χ4v) is 1.90. The lowest BCUT2D eigenvalue weighted by molar-refractivity contribution is -0.511. The third-order valence-electron chi connectivity index (χ3n) is 1.94. The van der Waals surface area contributed by atoms with Crippen LogP contribution < -0.4 is 14.4 Å². The molecule has 1 aromatic heterocycles. The molecule has 0 fully saturated rings. The summed E-state index contributed by atoms with van der Waals surface area (Å²) in [7, 11) is -2.41. The number of anilines is 1. The van der Waals surface area contributed by atoms with Crippen LogP contribution in [0, 0.1) is 0 Å². The predicted octanol–water partition coefficient (Wildman–Crippen LogP) is -0.360. The first kappa shape index (κ1) is 15.2. The van der Waals surface area contributed by atoms with Crippen LogP contribution >= 0.6 is 0 Å². The summed E-state index contributed by atoms with van der Waals surface area (Å²) in [5.74, 6) is 0. The molecule has 0 atom stereocenters. The van der Waals surface area contributed by atoms with Crippen molar-refractivity contribution in [1.29, 1.82) is 0 Å². The summed E-state index contributed by atoms with van der Waals surface area (Å²) >= 11 is 0. The monoisotopic (exact) mass is 287 g/mol. The van der Waals surface area contributed by atoms with Gasteiger partial charge in [0.15, 0.2) is 18.5 Å². The van der Waals surface area contributed by atoms with Gasteiger partial charge in [0, 0.05) is 30.5 Å². The lowest BCUT2D eigenvalue weighted by atomic mass is 10.2. The Labute approximate surface area is 112 Å². The number of pyridine rings is 1. The van der Waals surface area contributed by atoms with Crippen LogP contribution in [0.1, 0.15) is 20.8 Å². The number of hydrogen-bond donors (Lipinski definition) is 1. The summed E-state index contributed by atoms with van der Waals surface area (Å²) < 4.78 is 32.3. The van der Waals surface area contributed by atoms with Gasteiger partial charge in [0.2, 0.25) is 0 Å². The van der Waals surface area contributed by atoms with E-state index in [0.717, 1.165) is 9.66 Å². The van der Waals surface area contributed by atoms with Crippen LogP contribution in [0.25, 0.3) is 0 Å². The second-order valence-corrected chi connectivity index (χ2v) is 6.22. The second-order valence-electron chi connectivity index (χ2n) is 4.72. The number of aromatic nitrogens is 1. The molecule has 0 aliphatic carbocycles. The van der Waals surface area contributed by atoms with Gasteiger partial charge in [-0.3, -0.25) is 0 Å². The Morgan fingerprint density at radius 2 is 1.89 bits per heavy atom. The molecule has 0 amide bonds. The zero-order valence-electron chi connectivity index (χ0n) is 11.2. The SMILES string of the molecule is CNc1cc[n+](S(=O)(=O)N=C([O-])OC(C)(C)C)cc1. The molecule has 0 bridgehead atoms. The summed E-state index contributed by atoms with van der Waals surface area (Å²) in [6, 6.07) is 3.09. The first-order valence-corrected chi connectivity index (χ1v) is 6.94. The van der Waals surface area contributed by atoms with Crippen molar-refractivity contribution in [3.05, 3.63) is 24.5 Å². The zero-order chi connectivity index (χ0) is 14.7. The molecule has 0 aliphatic rings. The Morgan fingerprint density at radius 3 is 2.32 bits per heavy atom. The van der Waals surface area contributed by atoms with E-state index in [2.05, 4.69) is 9.71 Å². The minimum absolute atomic E-state index is 0.740. The minimum Gasteiger partial charge on any atom is -0.594 e. The minimum atomic E-state index is -4.12. The summed E-state index contributed by atoms with van der Waals surface area (Å²) in [5.41, 5.74) is -0.0553. The highest BCUT2D eigenvalue weighted by atomic mass is 32.2. The number of nitrogens with zero attached hydrogens (tertiary/aromatic N) is 2. The fourth-order valence-electron chi connectivity index (χ4n) is 1.16. The summed E-state index contributed by atoms with van der Waals surface area (Å²) in [6.07, 6.45) is 1.43. The summed E-state index contributed by atoms with van der Waals surface area (Å²) in [4.78, 5) is 0. The third-order valence-corrected chi connectivity index (χ3v) is 3.10. The highest BCUT2D eigenvalue weighted by molar-refractivity contribution is 7.83. The molecule has 1 N–H and O–H groups in total. The molecule has 0 unspecified atom stereocenters. The van der Waals surface area contributed by atoms with Crippen molar-refractivity contribution in [1.82, 2.24) is 0 Å². The van der Waals surface area contributed by atoms with E-state index in [9.17, 15) is 13.5 Å². The van der Waals surface area contributed by atoms with Crippen LogP contribution in [-0.4, -0.2) is 27.2 Å². The van der Waals surface area contributed by atoms with Crippen molar-refractivity contribution in [2.45, 2.75) is 26.4 Å². The van der Waals surface area contributed by atoms with E-state index in [-0.39, 0.29) is 0 Å². The second kappa shape index (κ2) is 5.43. The van der Waals surface area contributed by atoms with Gasteiger partial charge in [0.25, 0.3) is 0 Å². The topological polar surface area (TPSA) is 94.7 Å². The Morgan fingerprint density at radius 1 is 1.37 bits per heavy atom. The molecular weight excluding hydrogens is 270 g/mol. The number of nitrogens with one attached hydrogen (secondary N) is 1. The smallest absolute Gasteiger partial charge is 0.493 e. The van der Waals surface area contributed by atoms with Crippen LogP contribution in [-0.2, 0) is 14.9 Å². The maximum Gasteiger partial charge on any atom is 0.493 e. The lowest BCUT2D eigenvalue weighted by Gasteiger charge is -2.28. The van der Waals surface area contributed by atoms with Crippen LogP contribution in [0.2, 0.25) is 0 Å². The van der Waals surface area contributed by atoms with E-state index in [4.69, 9.17) is 4.74 Å². The van der Waals surface area contributed by atoms with Gasteiger partial charge in [-0.25, -0.2) is 0 Å². The Hall–Kier alpha value is -1.83. The molecule has 7 nitrogen and oxygen atoms in total. The van der Waals surface area contributed by atoms with Gasteiger partial charge < -0.3 is 15.2 Å². The molecule has 1 aromatic rings. The highest BCUT2D eigenvalue weighted by Crippen LogP contribution is 2.06. The molecule has 1 rings (SSSR count). The van der Waals surface area contributed by atoms with E-state index >= 15 is 0 Å². The van der Waals surface area contributed by atoms with Crippen molar-refractivity contribution in [2.24, 2.45) is 4.40 Å². The Balaban J connectivity index is 3.00. The Kier molecular flexibility index (Phi) is 4.35. The normalized spacial score (nSPS) is 13.2. The molecule has 8 heteroatoms. The molecule has 0 radical (unpaired) electrons. The molecule has 106 valence electrons. The maximum atomic E-state index is 11.8. The first-order valence-electron chi connectivity index (χ1n) is 5.54. The molecular formula is C11H17N3O4S. The van der Waals surface area contributed by atoms with Gasteiger partial charge in [-0.2, -0.15) is 0 Å². The van der Waals surface area contributed by atoms with E-state index in [1.54, 1.807) is 40.0 Å². The van der Waals surface area contributed by atoms with Crippen LogP contribution in [0.4, 0.5) is 5.69 Å². The van der Waals surface area contributed by atoms with Crippen molar-refractivity contribution >= 4 is 22.0 Å². The van der Waals surface area contributed by atoms with Crippen LogP contribution in [0.5, 0.6) is 0 Å². The van der Waals surface area contributed by atoms with E-state index in [1.807, 2.05) is 0 Å². The van der Waals surface area contributed by atoms with Crippen molar-refractivity contribution in [3.63, 3.8) is 0 Å². The fraction of sp³-hybridized carbons (Fsp3) is 0.455. The van der Waals surface area contributed by atoms with Crippen molar-refractivity contribution < 1.29 is 22.2 Å². The van der Waals surface area contributed by atoms with E-state index in [1.165, 1.54) is 12.4 Å². The van der Waals surface area contributed by atoms with Gasteiger partial charge >= 0.3 is 10.2 Å². The van der Waals surface area contributed by atoms with Crippen LogP contribution in [0.15, 0.2) is 28.9 Å². The molecule has 0 aliphatic heterocycles. The summed E-state index contributed by atoms with van der Waals surface area (Å²) in [5, 5.41) is 14.2. The first-order chi connectivity index (χ1) is 8.64. The van der Waals surface area contributed by atoms with Gasteiger partial charge in [-0.1, -0.05) is 29.1 Å². The van der Waals surface area contributed by atoms with Gasteiger partial charge in [0.05, 0.1) is 0 Å². The molecule has 19 heavy (non-hydrogen) atoms. The molecule has 0 saturated heterocycles. The predicted molar refractivity (Wildman–Crippen MR) is 68.8 cm³/mol. The maximum absolute atomic E-state index is 11.8. The average Bonchev–Trinajstić information content (AvgIpc) is 2.25. The van der Waals surface area contributed by atoms with E-state index < -0.39 is 21.9 Å². The Bertz CT molecular complexity index is 559. The molecule has 0 saturated carbocycles. The van der Waals surface area contributed by atoms with Gasteiger partial charge in [0.1, 0.15) is 0 Å². The number of ether oxygens (including phenoxy) is 1. The molecule has 0 spiro atoms. The largest absolute Gasteiger partial charge is 0.594 e. The van der Waals surface area contributed by atoms with E-state index in [0.29, 0.717) is 0 Å². The van der Waals surface area contributed by atoms with Gasteiger partial charge in [-0.05, 0) is 0 Å². The van der Waals surface area contributed by atoms with Gasteiger partial charge in [-0.15, -0.1) is 8.42 Å². The number of hydrogen-bond acceptors (Lipinski definition) is 5. The standard InChI is InChI=1S/C11H17N3O4S/c1-11(2,3)18-10(15)13-19(16,17)14-7-5-9(12-4)6-8-14/h5-8H,1-4H3,(H,13,15). The van der Waals surface area contributed by atoms with Crippen LogP contribution in [0.3, 0.4) is 0 Å². The lowest BCUT2D eigenvalue weighted by Crippen LogP contribution is -2.43.